The second-order valence-electron chi connectivity index (χ2n) is 2.87. The monoisotopic (exact) mass is 180 g/mol. The van der Waals surface area contributed by atoms with E-state index in [0.29, 0.717) is 5.92 Å². The molecule has 3 N–H and O–H groups in total. The average molecular weight is 181 g/mol. The van der Waals surface area contributed by atoms with E-state index in [2.05, 4.69) is 19.2 Å². The fraction of sp³-hybridized carbons (Fsp3) is 0.857. The molecule has 0 aliphatic heterocycles. The highest BCUT2D eigenvalue weighted by atomic mass is 35.5. The molecule has 0 aromatic heterocycles. The van der Waals surface area contributed by atoms with Gasteiger partial charge in [0.25, 0.3) is 0 Å². The topological polar surface area (TPSA) is 55.1 Å². The van der Waals surface area contributed by atoms with Gasteiger partial charge in [0.15, 0.2) is 0 Å². The predicted octanol–water partition coefficient (Wildman–Crippen LogP) is 0.528. The third kappa shape index (κ3) is 6.13. The van der Waals surface area contributed by atoms with Crippen LogP contribution in [0.5, 0.6) is 0 Å². The lowest BCUT2D eigenvalue weighted by molar-refractivity contribution is -0.120. The molecular formula is C7H17ClN2O. The third-order valence-corrected chi connectivity index (χ3v) is 1.40. The van der Waals surface area contributed by atoms with Gasteiger partial charge in [-0.2, -0.15) is 0 Å². The summed E-state index contributed by atoms with van der Waals surface area (Å²) in [6.45, 7) is 4.13. The lowest BCUT2D eigenvalue weighted by atomic mass is 10.0. The number of hydrogen-bond acceptors (Lipinski definition) is 2. The van der Waals surface area contributed by atoms with Gasteiger partial charge in [0.2, 0.25) is 5.91 Å². The van der Waals surface area contributed by atoms with Crippen LogP contribution in [-0.4, -0.2) is 19.0 Å². The molecule has 0 spiro atoms. The van der Waals surface area contributed by atoms with E-state index in [4.69, 9.17) is 5.73 Å². The number of carbonyl (C=O) groups excluding carboxylic acids is 1. The Bertz CT molecular complexity index is 117. The molecule has 0 aliphatic carbocycles. The van der Waals surface area contributed by atoms with Crippen molar-refractivity contribution in [3.63, 3.8) is 0 Å². The molecule has 1 atom stereocenters. The Hall–Kier alpha value is -0.280. The van der Waals surface area contributed by atoms with Crippen molar-refractivity contribution in [3.8, 4) is 0 Å². The summed E-state index contributed by atoms with van der Waals surface area (Å²) < 4.78 is 0. The van der Waals surface area contributed by atoms with Gasteiger partial charge in [0.1, 0.15) is 0 Å². The van der Waals surface area contributed by atoms with E-state index in [-0.39, 0.29) is 24.4 Å². The normalized spacial score (nSPS) is 12.4. The molecule has 0 fully saturated rings. The Kier molecular flexibility index (Phi) is 7.79. The third-order valence-electron chi connectivity index (χ3n) is 1.40. The van der Waals surface area contributed by atoms with Crippen LogP contribution in [0.4, 0.5) is 0 Å². The molecule has 0 heterocycles. The zero-order chi connectivity index (χ0) is 8.15. The van der Waals surface area contributed by atoms with E-state index in [1.807, 2.05) is 0 Å². The number of hydrogen-bond donors (Lipinski definition) is 2. The van der Waals surface area contributed by atoms with Crippen molar-refractivity contribution >= 4 is 18.3 Å². The van der Waals surface area contributed by atoms with Crippen LogP contribution in [0.25, 0.3) is 0 Å². The Morgan fingerprint density at radius 2 is 2.00 bits per heavy atom. The van der Waals surface area contributed by atoms with Gasteiger partial charge in [-0.1, -0.05) is 13.8 Å². The molecule has 0 radical (unpaired) electrons. The fourth-order valence-electron chi connectivity index (χ4n) is 0.848. The molecule has 0 aromatic rings. The molecule has 4 heteroatoms. The van der Waals surface area contributed by atoms with Crippen LogP contribution in [-0.2, 0) is 4.79 Å². The van der Waals surface area contributed by atoms with E-state index < -0.39 is 0 Å². The van der Waals surface area contributed by atoms with E-state index in [1.165, 1.54) is 0 Å². The van der Waals surface area contributed by atoms with Gasteiger partial charge in [0.05, 0.1) is 6.04 Å². The van der Waals surface area contributed by atoms with Crippen LogP contribution >= 0.6 is 12.4 Å². The summed E-state index contributed by atoms with van der Waals surface area (Å²) in [6, 6.07) is -0.167. The van der Waals surface area contributed by atoms with Crippen LogP contribution < -0.4 is 11.1 Å². The zero-order valence-electron chi connectivity index (χ0n) is 7.26. The minimum atomic E-state index is -0.267. The van der Waals surface area contributed by atoms with Gasteiger partial charge in [-0.05, 0) is 19.4 Å². The highest BCUT2D eigenvalue weighted by Crippen LogP contribution is 2.02. The summed E-state index contributed by atoms with van der Waals surface area (Å²) >= 11 is 0. The van der Waals surface area contributed by atoms with Crippen molar-refractivity contribution in [1.29, 1.82) is 0 Å². The second kappa shape index (κ2) is 6.43. The lowest BCUT2D eigenvalue weighted by Crippen LogP contribution is -2.39. The largest absolute Gasteiger partial charge is 0.368 e. The van der Waals surface area contributed by atoms with Crippen molar-refractivity contribution in [2.24, 2.45) is 11.7 Å². The minimum Gasteiger partial charge on any atom is -0.368 e. The Morgan fingerprint density at radius 1 is 1.55 bits per heavy atom. The van der Waals surface area contributed by atoms with Gasteiger partial charge < -0.3 is 11.1 Å². The molecule has 1 unspecified atom stereocenters. The highest BCUT2D eigenvalue weighted by Gasteiger charge is 2.13. The number of nitrogens with two attached hydrogens (primary N) is 1. The number of amides is 1. The lowest BCUT2D eigenvalue weighted by Gasteiger charge is -2.13. The van der Waals surface area contributed by atoms with E-state index >= 15 is 0 Å². The maximum absolute atomic E-state index is 10.6. The van der Waals surface area contributed by atoms with Gasteiger partial charge in [-0.15, -0.1) is 12.4 Å². The van der Waals surface area contributed by atoms with Gasteiger partial charge in [-0.3, -0.25) is 4.79 Å². The standard InChI is InChI=1S/C7H16N2O.ClH/c1-5(2)4-6(9-3)7(8)10;/h5-6,9H,4H2,1-3H3,(H2,8,10);1H. The van der Waals surface area contributed by atoms with Crippen LogP contribution in [0.3, 0.4) is 0 Å². The Labute approximate surface area is 74.1 Å². The smallest absolute Gasteiger partial charge is 0.234 e. The molecule has 11 heavy (non-hydrogen) atoms. The Balaban J connectivity index is 0. The molecule has 0 saturated carbocycles. The van der Waals surface area contributed by atoms with Crippen LogP contribution in [0.2, 0.25) is 0 Å². The number of carbonyl (C=O) groups is 1. The molecule has 1 amide bonds. The van der Waals surface area contributed by atoms with E-state index in [1.54, 1.807) is 7.05 Å². The first-order valence-electron chi connectivity index (χ1n) is 3.54. The first kappa shape index (κ1) is 13.3. The first-order valence-corrected chi connectivity index (χ1v) is 3.54. The molecule has 0 saturated heterocycles. The quantitative estimate of drug-likeness (QED) is 0.663. The maximum atomic E-state index is 10.6. The fourth-order valence-corrected chi connectivity index (χ4v) is 0.848. The summed E-state index contributed by atoms with van der Waals surface area (Å²) in [4.78, 5) is 10.6. The number of likely N-dealkylation sites (N-methyl/N-ethyl adjacent to an activating group) is 1. The summed E-state index contributed by atoms with van der Waals surface area (Å²) in [6.07, 6.45) is 0.811. The van der Waals surface area contributed by atoms with E-state index in [0.717, 1.165) is 6.42 Å². The summed E-state index contributed by atoms with van der Waals surface area (Å²) in [5, 5.41) is 2.86. The molecule has 68 valence electrons. The van der Waals surface area contributed by atoms with Crippen LogP contribution in [0, 0.1) is 5.92 Å². The average Bonchev–Trinajstić information content (AvgIpc) is 1.81. The molecule has 0 aromatic carbocycles. The number of halogens is 1. The van der Waals surface area contributed by atoms with Crippen molar-refractivity contribution in [2.45, 2.75) is 26.3 Å². The summed E-state index contributed by atoms with van der Waals surface area (Å²) in [5.74, 6) is 0.237. The van der Waals surface area contributed by atoms with Gasteiger partial charge in [0, 0.05) is 0 Å². The van der Waals surface area contributed by atoms with Crippen LogP contribution in [0.1, 0.15) is 20.3 Å². The van der Waals surface area contributed by atoms with E-state index in [9.17, 15) is 4.79 Å². The molecular weight excluding hydrogens is 164 g/mol. The number of rotatable bonds is 4. The zero-order valence-corrected chi connectivity index (χ0v) is 8.07. The van der Waals surface area contributed by atoms with Crippen molar-refractivity contribution in [3.05, 3.63) is 0 Å². The predicted molar refractivity (Wildman–Crippen MR) is 48.7 cm³/mol. The maximum Gasteiger partial charge on any atom is 0.234 e. The Morgan fingerprint density at radius 3 is 2.09 bits per heavy atom. The van der Waals surface area contributed by atoms with Gasteiger partial charge >= 0.3 is 0 Å². The SMILES string of the molecule is CNC(CC(C)C)C(N)=O.Cl. The van der Waals surface area contributed by atoms with Crippen molar-refractivity contribution in [2.75, 3.05) is 7.05 Å². The summed E-state index contributed by atoms with van der Waals surface area (Å²) in [5.41, 5.74) is 5.09. The van der Waals surface area contributed by atoms with Crippen molar-refractivity contribution < 1.29 is 4.79 Å². The second-order valence-corrected chi connectivity index (χ2v) is 2.87. The van der Waals surface area contributed by atoms with Crippen LogP contribution in [0.15, 0.2) is 0 Å². The van der Waals surface area contributed by atoms with Gasteiger partial charge in [-0.25, -0.2) is 0 Å². The first-order chi connectivity index (χ1) is 4.57. The minimum absolute atomic E-state index is 0. The summed E-state index contributed by atoms with van der Waals surface area (Å²) in [7, 11) is 1.75. The van der Waals surface area contributed by atoms with Crippen molar-refractivity contribution in [1.82, 2.24) is 5.32 Å². The number of primary amides is 1. The molecule has 0 aliphatic rings. The molecule has 0 bridgehead atoms. The highest BCUT2D eigenvalue weighted by molar-refractivity contribution is 5.85. The molecule has 3 nitrogen and oxygen atoms in total. The number of nitrogens with one attached hydrogen (secondary N) is 1. The molecule has 0 rings (SSSR count).